The summed E-state index contributed by atoms with van der Waals surface area (Å²) in [6.45, 7) is 1.04. The third kappa shape index (κ3) is 5.71. The topological polar surface area (TPSA) is 126 Å². The van der Waals surface area contributed by atoms with E-state index >= 15 is 0 Å². The van der Waals surface area contributed by atoms with Crippen molar-refractivity contribution in [2.45, 2.75) is 24.3 Å². The minimum absolute atomic E-state index is 0.0561. The molecule has 32 heavy (non-hydrogen) atoms. The number of pyridine rings is 1. The van der Waals surface area contributed by atoms with Crippen LogP contribution in [0.15, 0.2) is 57.6 Å². The summed E-state index contributed by atoms with van der Waals surface area (Å²) in [6.07, 6.45) is 2.06. The van der Waals surface area contributed by atoms with Gasteiger partial charge in [0.15, 0.2) is 9.84 Å². The van der Waals surface area contributed by atoms with Gasteiger partial charge in [-0.3, -0.25) is 14.4 Å². The Hall–Kier alpha value is -3.24. The average Bonchev–Trinajstić information content (AvgIpc) is 2.80. The standard InChI is InChI=1S/C22H25N3O6S/c1-31-12-9-20(26)25-11-8-19-16(15-25)14-18(22(28)24-19)21(27)23-10-5-13-32(29,30)17-6-3-2-4-7-17/h2-7,13-14H,8-12,15H2,1H3,(H,23,27)(H,24,28)/b13-5+. The molecule has 2 amide bonds. The maximum absolute atomic E-state index is 12.5. The molecule has 1 aromatic heterocycles. The van der Waals surface area contributed by atoms with Crippen LogP contribution >= 0.6 is 0 Å². The minimum atomic E-state index is -3.61. The Bertz CT molecular complexity index is 1170. The molecule has 1 aliphatic heterocycles. The van der Waals surface area contributed by atoms with E-state index in [0.29, 0.717) is 37.4 Å². The molecule has 0 saturated heterocycles. The lowest BCUT2D eigenvalue weighted by Crippen LogP contribution is -2.39. The number of rotatable bonds is 8. The number of H-pyrrole nitrogens is 1. The number of sulfone groups is 1. The van der Waals surface area contributed by atoms with Crippen LogP contribution in [0.1, 0.15) is 28.0 Å². The van der Waals surface area contributed by atoms with Crippen LogP contribution in [0, 0.1) is 0 Å². The monoisotopic (exact) mass is 459 g/mol. The Kier molecular flexibility index (Phi) is 7.60. The molecule has 0 aliphatic carbocycles. The zero-order valence-electron chi connectivity index (χ0n) is 17.7. The lowest BCUT2D eigenvalue weighted by atomic mass is 10.0. The number of hydrogen-bond acceptors (Lipinski definition) is 6. The largest absolute Gasteiger partial charge is 0.384 e. The first-order valence-corrected chi connectivity index (χ1v) is 11.6. The number of aromatic amines is 1. The summed E-state index contributed by atoms with van der Waals surface area (Å²) in [5, 5.41) is 3.54. The molecular weight excluding hydrogens is 434 g/mol. The van der Waals surface area contributed by atoms with Crippen molar-refractivity contribution >= 4 is 21.7 Å². The van der Waals surface area contributed by atoms with Crippen LogP contribution in [0.3, 0.4) is 0 Å². The molecule has 1 aromatic carbocycles. The van der Waals surface area contributed by atoms with E-state index < -0.39 is 21.3 Å². The van der Waals surface area contributed by atoms with Gasteiger partial charge in [0.25, 0.3) is 11.5 Å². The second kappa shape index (κ2) is 10.4. The predicted molar refractivity (Wildman–Crippen MR) is 118 cm³/mol. The Labute approximate surface area is 186 Å². The molecule has 0 fully saturated rings. The first-order chi connectivity index (χ1) is 15.3. The minimum Gasteiger partial charge on any atom is -0.384 e. The van der Waals surface area contributed by atoms with Crippen LogP contribution in [0.5, 0.6) is 0 Å². The number of hydrogen-bond donors (Lipinski definition) is 2. The Morgan fingerprint density at radius 2 is 2.00 bits per heavy atom. The molecule has 0 bridgehead atoms. The van der Waals surface area contributed by atoms with Crippen molar-refractivity contribution in [3.63, 3.8) is 0 Å². The van der Waals surface area contributed by atoms with Gasteiger partial charge in [-0.05, 0) is 23.8 Å². The van der Waals surface area contributed by atoms with E-state index in [1.54, 1.807) is 23.1 Å². The number of carbonyl (C=O) groups excluding carboxylic acids is 2. The summed E-state index contributed by atoms with van der Waals surface area (Å²) in [7, 11) is -2.08. The average molecular weight is 460 g/mol. The zero-order chi connectivity index (χ0) is 23.1. The van der Waals surface area contributed by atoms with E-state index in [0.717, 1.165) is 5.41 Å². The number of methoxy groups -OCH3 is 1. The molecule has 2 aromatic rings. The van der Waals surface area contributed by atoms with E-state index in [1.807, 2.05) is 0 Å². The van der Waals surface area contributed by atoms with Crippen LogP contribution < -0.4 is 10.9 Å². The molecule has 170 valence electrons. The molecule has 3 rings (SSSR count). The fourth-order valence-corrected chi connectivity index (χ4v) is 4.39. The number of amides is 2. The first kappa shape index (κ1) is 23.4. The lowest BCUT2D eigenvalue weighted by molar-refractivity contribution is -0.133. The lowest BCUT2D eigenvalue weighted by Gasteiger charge is -2.28. The number of aromatic nitrogens is 1. The molecule has 0 saturated carbocycles. The summed E-state index contributed by atoms with van der Waals surface area (Å²) >= 11 is 0. The maximum Gasteiger partial charge on any atom is 0.261 e. The molecular formula is C22H25N3O6S. The molecule has 0 atom stereocenters. The van der Waals surface area contributed by atoms with E-state index in [1.165, 1.54) is 31.4 Å². The van der Waals surface area contributed by atoms with Crippen molar-refractivity contribution in [2.24, 2.45) is 0 Å². The quantitative estimate of drug-likeness (QED) is 0.607. The summed E-state index contributed by atoms with van der Waals surface area (Å²) < 4.78 is 29.4. The fraction of sp³-hybridized carbons (Fsp3) is 0.318. The SMILES string of the molecule is COCCC(=O)N1CCc2[nH]c(=O)c(C(=O)NC/C=C/S(=O)(=O)c3ccccc3)cc2C1. The molecule has 1 aliphatic rings. The highest BCUT2D eigenvalue weighted by Gasteiger charge is 2.23. The molecule has 0 radical (unpaired) electrons. The van der Waals surface area contributed by atoms with Gasteiger partial charge in [0.1, 0.15) is 5.56 Å². The molecule has 0 spiro atoms. The molecule has 0 unspecified atom stereocenters. The van der Waals surface area contributed by atoms with Gasteiger partial charge in [-0.1, -0.05) is 24.3 Å². The highest BCUT2D eigenvalue weighted by Crippen LogP contribution is 2.17. The normalized spacial score (nSPS) is 13.7. The van der Waals surface area contributed by atoms with Gasteiger partial charge < -0.3 is 19.9 Å². The van der Waals surface area contributed by atoms with Crippen molar-refractivity contribution in [2.75, 3.05) is 26.8 Å². The Morgan fingerprint density at radius 3 is 2.72 bits per heavy atom. The van der Waals surface area contributed by atoms with Gasteiger partial charge in [0.05, 0.1) is 17.9 Å². The van der Waals surface area contributed by atoms with Gasteiger partial charge in [-0.25, -0.2) is 8.42 Å². The van der Waals surface area contributed by atoms with E-state index in [-0.39, 0.29) is 29.3 Å². The number of carbonyl (C=O) groups is 2. The molecule has 10 heteroatoms. The third-order valence-electron chi connectivity index (χ3n) is 5.05. The second-order valence-corrected chi connectivity index (χ2v) is 9.10. The van der Waals surface area contributed by atoms with Gasteiger partial charge in [0.2, 0.25) is 5.91 Å². The van der Waals surface area contributed by atoms with Crippen molar-refractivity contribution in [3.05, 3.63) is 75.1 Å². The van der Waals surface area contributed by atoms with Gasteiger partial charge >= 0.3 is 0 Å². The van der Waals surface area contributed by atoms with Crippen molar-refractivity contribution in [1.29, 1.82) is 0 Å². The van der Waals surface area contributed by atoms with E-state index in [4.69, 9.17) is 4.74 Å². The Balaban J connectivity index is 1.65. The van der Waals surface area contributed by atoms with Crippen LogP contribution in [-0.4, -0.2) is 56.9 Å². The molecule has 9 nitrogen and oxygen atoms in total. The second-order valence-electron chi connectivity index (χ2n) is 7.26. The summed E-state index contributed by atoms with van der Waals surface area (Å²) in [6, 6.07) is 9.41. The van der Waals surface area contributed by atoms with Crippen LogP contribution in [0.4, 0.5) is 0 Å². The zero-order valence-corrected chi connectivity index (χ0v) is 18.5. The van der Waals surface area contributed by atoms with Crippen molar-refractivity contribution in [1.82, 2.24) is 15.2 Å². The number of nitrogens with one attached hydrogen (secondary N) is 2. The van der Waals surface area contributed by atoms with Crippen LogP contribution in [0.2, 0.25) is 0 Å². The molecule has 2 heterocycles. The third-order valence-corrected chi connectivity index (χ3v) is 6.53. The van der Waals surface area contributed by atoms with Gasteiger partial charge in [0, 0.05) is 44.3 Å². The summed E-state index contributed by atoms with van der Waals surface area (Å²) in [5.41, 5.74) is 0.792. The highest BCUT2D eigenvalue weighted by molar-refractivity contribution is 7.94. The molecule has 2 N–H and O–H groups in total. The number of fused-ring (bicyclic) bond motifs is 1. The van der Waals surface area contributed by atoms with Crippen LogP contribution in [-0.2, 0) is 32.3 Å². The Morgan fingerprint density at radius 1 is 1.25 bits per heavy atom. The van der Waals surface area contributed by atoms with Crippen LogP contribution in [0.25, 0.3) is 0 Å². The van der Waals surface area contributed by atoms with Crippen molar-refractivity contribution < 1.29 is 22.7 Å². The number of nitrogens with zero attached hydrogens (tertiary/aromatic N) is 1. The van der Waals surface area contributed by atoms with Gasteiger partial charge in [-0.15, -0.1) is 0 Å². The highest BCUT2D eigenvalue weighted by atomic mass is 32.2. The van der Waals surface area contributed by atoms with E-state index in [2.05, 4.69) is 10.3 Å². The maximum atomic E-state index is 12.5. The fourth-order valence-electron chi connectivity index (χ4n) is 3.35. The first-order valence-electron chi connectivity index (χ1n) is 10.1. The summed E-state index contributed by atoms with van der Waals surface area (Å²) in [4.78, 5) is 41.6. The van der Waals surface area contributed by atoms with Crippen molar-refractivity contribution in [3.8, 4) is 0 Å². The smallest absolute Gasteiger partial charge is 0.261 e. The number of benzene rings is 1. The summed E-state index contributed by atoms with van der Waals surface area (Å²) in [5.74, 6) is -0.682. The van der Waals surface area contributed by atoms with Gasteiger partial charge in [-0.2, -0.15) is 0 Å². The van der Waals surface area contributed by atoms with E-state index in [9.17, 15) is 22.8 Å². The number of ether oxygens (including phenoxy) is 1. The predicted octanol–water partition coefficient (Wildman–Crippen LogP) is 1.01.